The summed E-state index contributed by atoms with van der Waals surface area (Å²) in [6, 6.07) is 10.00. The molecule has 0 unspecified atom stereocenters. The Morgan fingerprint density at radius 2 is 0.759 bits per heavy atom. The average molecular weight is 388 g/mol. The molecule has 1 aromatic heterocycles. The van der Waals surface area contributed by atoms with Crippen LogP contribution < -0.4 is 0 Å². The van der Waals surface area contributed by atoms with Crippen LogP contribution in [0.4, 0.5) is 0 Å². The number of hydrogen-bond donors (Lipinski definition) is 1. The van der Waals surface area contributed by atoms with Crippen molar-refractivity contribution in [1.29, 1.82) is 0 Å². The summed E-state index contributed by atoms with van der Waals surface area (Å²) in [7, 11) is 0. The van der Waals surface area contributed by atoms with E-state index in [1.165, 1.54) is 47.5 Å². The lowest BCUT2D eigenvalue weighted by Crippen LogP contribution is -2.33. The maximum Gasteiger partial charge on any atom is 0.0468 e. The first-order valence-corrected chi connectivity index (χ1v) is 11.5. The minimum Gasteiger partial charge on any atom is -0.354 e. The summed E-state index contributed by atoms with van der Waals surface area (Å²) in [5.74, 6) is 0. The zero-order chi connectivity index (χ0) is 21.0. The molecule has 2 aliphatic rings. The van der Waals surface area contributed by atoms with E-state index in [0.29, 0.717) is 0 Å². The van der Waals surface area contributed by atoms with Crippen molar-refractivity contribution in [3.63, 3.8) is 0 Å². The summed E-state index contributed by atoms with van der Waals surface area (Å²) in [6.45, 7) is 19.4. The highest BCUT2D eigenvalue weighted by Crippen LogP contribution is 2.50. The summed E-state index contributed by atoms with van der Waals surface area (Å²) in [4.78, 5) is 3.81. The fourth-order valence-corrected chi connectivity index (χ4v) is 6.03. The summed E-state index contributed by atoms with van der Waals surface area (Å²) in [5, 5.41) is 2.82. The van der Waals surface area contributed by atoms with Crippen LogP contribution in [-0.2, 0) is 21.7 Å². The maximum atomic E-state index is 3.81. The Labute approximate surface area is 176 Å². The molecule has 0 saturated heterocycles. The van der Waals surface area contributed by atoms with Gasteiger partial charge in [-0.1, -0.05) is 55.4 Å². The number of fused-ring (bicyclic) bond motifs is 5. The lowest BCUT2D eigenvalue weighted by atomic mass is 9.62. The minimum absolute atomic E-state index is 0.248. The monoisotopic (exact) mass is 387 g/mol. The Balaban J connectivity index is 1.85. The molecule has 0 saturated carbocycles. The third-order valence-electron chi connectivity index (χ3n) is 8.54. The summed E-state index contributed by atoms with van der Waals surface area (Å²) in [6.07, 6.45) is 5.04. The molecular weight excluding hydrogens is 350 g/mol. The fraction of sp³-hybridized carbons (Fsp3) is 0.571. The molecule has 1 N–H and O–H groups in total. The lowest BCUT2D eigenvalue weighted by Gasteiger charge is -2.42. The molecular formula is C28H37N. The molecule has 1 heterocycles. The summed E-state index contributed by atoms with van der Waals surface area (Å²) >= 11 is 0. The standard InChI is InChI=1S/C28H37N/c1-25(2)9-11-27(5,6)21-15-23-17(13-19(21)25)18-14-20-22(16-24(18)29-23)28(7,8)12-10-26(20,3)4/h13-16,29H,9-12H2,1-8H3. The van der Waals surface area contributed by atoms with Gasteiger partial charge in [-0.25, -0.2) is 0 Å². The molecule has 2 aliphatic carbocycles. The van der Waals surface area contributed by atoms with Gasteiger partial charge in [0.25, 0.3) is 0 Å². The van der Waals surface area contributed by atoms with Crippen LogP contribution in [0.2, 0.25) is 0 Å². The molecule has 0 aliphatic heterocycles. The summed E-state index contributed by atoms with van der Waals surface area (Å²) < 4.78 is 0. The molecule has 0 bridgehead atoms. The van der Waals surface area contributed by atoms with Crippen molar-refractivity contribution < 1.29 is 0 Å². The first-order valence-electron chi connectivity index (χ1n) is 11.5. The molecule has 29 heavy (non-hydrogen) atoms. The third-order valence-corrected chi connectivity index (χ3v) is 8.54. The van der Waals surface area contributed by atoms with Gasteiger partial charge in [0.15, 0.2) is 0 Å². The van der Waals surface area contributed by atoms with Crippen molar-refractivity contribution in [2.75, 3.05) is 0 Å². The number of benzene rings is 2. The Morgan fingerprint density at radius 1 is 0.483 bits per heavy atom. The summed E-state index contributed by atoms with van der Waals surface area (Å²) in [5.41, 5.74) is 9.80. The van der Waals surface area contributed by atoms with Gasteiger partial charge in [0.2, 0.25) is 0 Å². The molecule has 0 spiro atoms. The molecule has 2 aromatic carbocycles. The van der Waals surface area contributed by atoms with Crippen LogP contribution in [0.3, 0.4) is 0 Å². The van der Waals surface area contributed by atoms with Crippen molar-refractivity contribution >= 4 is 21.8 Å². The molecule has 5 rings (SSSR count). The first-order chi connectivity index (χ1) is 13.3. The van der Waals surface area contributed by atoms with Crippen molar-refractivity contribution in [3.8, 4) is 0 Å². The van der Waals surface area contributed by atoms with Gasteiger partial charge in [-0.3, -0.25) is 0 Å². The molecule has 3 aromatic rings. The number of aromatic nitrogens is 1. The van der Waals surface area contributed by atoms with E-state index in [-0.39, 0.29) is 21.7 Å². The van der Waals surface area contributed by atoms with Gasteiger partial charge >= 0.3 is 0 Å². The maximum absolute atomic E-state index is 3.81. The SMILES string of the molecule is CC1(C)CCC(C)(C)c2cc3c(cc21)[nH]c1cc2c(cc13)C(C)(C)CCC2(C)C. The van der Waals surface area contributed by atoms with Gasteiger partial charge < -0.3 is 4.98 Å². The van der Waals surface area contributed by atoms with Gasteiger partial charge in [-0.15, -0.1) is 0 Å². The highest BCUT2D eigenvalue weighted by molar-refractivity contribution is 6.08. The number of hydrogen-bond acceptors (Lipinski definition) is 0. The van der Waals surface area contributed by atoms with Gasteiger partial charge in [-0.2, -0.15) is 0 Å². The van der Waals surface area contributed by atoms with E-state index in [1.807, 2.05) is 0 Å². The van der Waals surface area contributed by atoms with Crippen molar-refractivity contribution in [2.45, 2.75) is 103 Å². The van der Waals surface area contributed by atoms with E-state index in [2.05, 4.69) is 84.6 Å². The second-order valence-corrected chi connectivity index (χ2v) is 12.5. The smallest absolute Gasteiger partial charge is 0.0468 e. The molecule has 154 valence electrons. The van der Waals surface area contributed by atoms with Gasteiger partial charge in [0.05, 0.1) is 0 Å². The highest BCUT2D eigenvalue weighted by Gasteiger charge is 2.39. The molecule has 0 radical (unpaired) electrons. The van der Waals surface area contributed by atoms with Crippen LogP contribution in [0.15, 0.2) is 24.3 Å². The van der Waals surface area contributed by atoms with Crippen LogP contribution in [0.1, 0.15) is 103 Å². The fourth-order valence-electron chi connectivity index (χ4n) is 6.03. The van der Waals surface area contributed by atoms with E-state index in [1.54, 1.807) is 22.3 Å². The number of aromatic amines is 1. The van der Waals surface area contributed by atoms with E-state index in [0.717, 1.165) is 0 Å². The lowest BCUT2D eigenvalue weighted by molar-refractivity contribution is 0.332. The molecule has 0 amide bonds. The van der Waals surface area contributed by atoms with Gasteiger partial charge in [-0.05, 0) is 93.9 Å². The number of rotatable bonds is 0. The van der Waals surface area contributed by atoms with Crippen molar-refractivity contribution in [1.82, 2.24) is 4.98 Å². The molecule has 0 atom stereocenters. The number of H-pyrrole nitrogens is 1. The van der Waals surface area contributed by atoms with Crippen molar-refractivity contribution in [2.24, 2.45) is 0 Å². The molecule has 0 fully saturated rings. The minimum atomic E-state index is 0.248. The Morgan fingerprint density at radius 3 is 1.07 bits per heavy atom. The second-order valence-electron chi connectivity index (χ2n) is 12.5. The normalized spacial score (nSPS) is 23.7. The quantitative estimate of drug-likeness (QED) is 0.402. The van der Waals surface area contributed by atoms with Crippen molar-refractivity contribution in [3.05, 3.63) is 46.5 Å². The zero-order valence-electron chi connectivity index (χ0n) is 19.6. The van der Waals surface area contributed by atoms with Crippen LogP contribution in [0.25, 0.3) is 21.8 Å². The van der Waals surface area contributed by atoms with E-state index >= 15 is 0 Å². The third kappa shape index (κ3) is 2.65. The Kier molecular flexibility index (Phi) is 3.63. The van der Waals surface area contributed by atoms with Gasteiger partial charge in [0.1, 0.15) is 0 Å². The Hall–Kier alpha value is -1.76. The van der Waals surface area contributed by atoms with Crippen LogP contribution >= 0.6 is 0 Å². The first kappa shape index (κ1) is 19.2. The molecule has 1 nitrogen and oxygen atoms in total. The zero-order valence-corrected chi connectivity index (χ0v) is 19.6. The topological polar surface area (TPSA) is 15.8 Å². The second kappa shape index (κ2) is 5.48. The van der Waals surface area contributed by atoms with Crippen LogP contribution in [0, 0.1) is 0 Å². The Bertz CT molecular complexity index is 1060. The van der Waals surface area contributed by atoms with Crippen LogP contribution in [-0.4, -0.2) is 4.98 Å². The predicted octanol–water partition coefficient (Wildman–Crippen LogP) is 8.02. The predicted molar refractivity (Wildman–Crippen MR) is 126 cm³/mol. The molecule has 1 heteroatoms. The number of nitrogens with one attached hydrogen (secondary N) is 1. The van der Waals surface area contributed by atoms with E-state index in [9.17, 15) is 0 Å². The van der Waals surface area contributed by atoms with E-state index < -0.39 is 0 Å². The highest BCUT2D eigenvalue weighted by atomic mass is 14.7. The van der Waals surface area contributed by atoms with E-state index in [4.69, 9.17) is 0 Å². The average Bonchev–Trinajstić information content (AvgIpc) is 2.98. The largest absolute Gasteiger partial charge is 0.354 e. The van der Waals surface area contributed by atoms with Gasteiger partial charge in [0, 0.05) is 21.8 Å². The van der Waals surface area contributed by atoms with Crippen LogP contribution in [0.5, 0.6) is 0 Å².